The molecule has 0 aromatic heterocycles. The van der Waals surface area contributed by atoms with Gasteiger partial charge in [0.15, 0.2) is 13.2 Å². The van der Waals surface area contributed by atoms with Crippen molar-refractivity contribution in [2.45, 2.75) is 0 Å². The summed E-state index contributed by atoms with van der Waals surface area (Å²) in [5.74, 6) is -1.16. The van der Waals surface area contributed by atoms with E-state index >= 15 is 0 Å². The quantitative estimate of drug-likeness (QED) is 0.377. The number of carbonyl (C=O) groups excluding carboxylic acids is 2. The predicted octanol–water partition coefficient (Wildman–Crippen LogP) is 4.13. The molecule has 6 nitrogen and oxygen atoms in total. The van der Waals surface area contributed by atoms with E-state index in [2.05, 4.69) is 0 Å². The lowest BCUT2D eigenvalue weighted by atomic mass is 10.3. The Hall–Kier alpha value is -2.46. The molecule has 0 bridgehead atoms. The lowest BCUT2D eigenvalue weighted by Crippen LogP contribution is -2.35. The molecule has 0 radical (unpaired) electrons. The van der Waals surface area contributed by atoms with Gasteiger partial charge < -0.3 is 9.47 Å². The van der Waals surface area contributed by atoms with Crippen LogP contribution in [0.5, 0.6) is 5.75 Å². The van der Waals surface area contributed by atoms with Crippen LogP contribution in [0.2, 0.25) is 15.1 Å². The van der Waals surface area contributed by atoms with Gasteiger partial charge >= 0.3 is 5.97 Å². The van der Waals surface area contributed by atoms with Gasteiger partial charge in [0.1, 0.15) is 12.3 Å². The molecule has 140 valence electrons. The van der Waals surface area contributed by atoms with E-state index in [1.165, 1.54) is 17.0 Å². The van der Waals surface area contributed by atoms with Crippen LogP contribution >= 0.6 is 34.8 Å². The summed E-state index contributed by atoms with van der Waals surface area (Å²) < 4.78 is 10.1. The van der Waals surface area contributed by atoms with Crippen molar-refractivity contribution in [3.8, 4) is 11.8 Å². The zero-order valence-corrected chi connectivity index (χ0v) is 16.1. The minimum absolute atomic E-state index is 0.157. The number of nitriles is 1. The van der Waals surface area contributed by atoms with Crippen molar-refractivity contribution in [3.63, 3.8) is 0 Å². The van der Waals surface area contributed by atoms with Crippen molar-refractivity contribution in [3.05, 3.63) is 57.5 Å². The molecule has 0 aliphatic rings. The van der Waals surface area contributed by atoms with Crippen LogP contribution in [0.4, 0.5) is 5.69 Å². The number of benzene rings is 2. The fourth-order valence-corrected chi connectivity index (χ4v) is 2.61. The fourth-order valence-electron chi connectivity index (χ4n) is 2.02. The summed E-state index contributed by atoms with van der Waals surface area (Å²) in [6.45, 7) is -1.18. The zero-order chi connectivity index (χ0) is 19.8. The smallest absolute Gasteiger partial charge is 0.344 e. The van der Waals surface area contributed by atoms with Gasteiger partial charge in [0.05, 0.1) is 21.1 Å². The molecule has 27 heavy (non-hydrogen) atoms. The van der Waals surface area contributed by atoms with E-state index in [1.807, 2.05) is 6.07 Å². The summed E-state index contributed by atoms with van der Waals surface area (Å²) in [5, 5.41) is 9.54. The van der Waals surface area contributed by atoms with Gasteiger partial charge in [-0.25, -0.2) is 4.79 Å². The van der Waals surface area contributed by atoms with Gasteiger partial charge in [0.25, 0.3) is 5.91 Å². The number of rotatable bonds is 7. The Morgan fingerprint density at radius 2 is 1.67 bits per heavy atom. The third-order valence-corrected chi connectivity index (χ3v) is 4.29. The van der Waals surface area contributed by atoms with E-state index in [0.717, 1.165) is 0 Å². The molecule has 9 heteroatoms. The average molecular weight is 428 g/mol. The first kappa shape index (κ1) is 20.8. The number of para-hydroxylation sites is 1. The summed E-state index contributed by atoms with van der Waals surface area (Å²) in [7, 11) is 0. The van der Waals surface area contributed by atoms with E-state index in [-0.39, 0.29) is 27.4 Å². The molecule has 0 saturated heterocycles. The van der Waals surface area contributed by atoms with E-state index < -0.39 is 25.1 Å². The largest absolute Gasteiger partial charge is 0.480 e. The molecular weight excluding hydrogens is 415 g/mol. The highest BCUT2D eigenvalue weighted by Gasteiger charge is 2.18. The Bertz CT molecular complexity index is 869. The molecule has 0 atom stereocenters. The van der Waals surface area contributed by atoms with Crippen LogP contribution in [0.25, 0.3) is 0 Å². The molecule has 0 aliphatic carbocycles. The molecule has 0 spiro atoms. The summed E-state index contributed by atoms with van der Waals surface area (Å²) in [4.78, 5) is 25.3. The minimum atomic E-state index is -0.782. The maximum atomic E-state index is 12.3. The highest BCUT2D eigenvalue weighted by Crippen LogP contribution is 2.33. The Labute approximate surface area is 170 Å². The van der Waals surface area contributed by atoms with Crippen LogP contribution in [0, 0.1) is 11.3 Å². The van der Waals surface area contributed by atoms with E-state index in [9.17, 15) is 9.59 Å². The number of carbonyl (C=O) groups is 2. The molecule has 0 saturated carbocycles. The van der Waals surface area contributed by atoms with Crippen molar-refractivity contribution < 1.29 is 19.1 Å². The standard InChI is InChI=1S/C18H13Cl3N2O4/c19-13-8-15(21)16(9-14(13)20)26-11-18(25)27-10-17(24)23(7-6-22)12-4-2-1-3-5-12/h1-5,8-9H,7,10-11H2. The second-order valence-corrected chi connectivity index (χ2v) is 6.34. The zero-order valence-electron chi connectivity index (χ0n) is 13.8. The van der Waals surface area contributed by atoms with Gasteiger partial charge in [-0.15, -0.1) is 0 Å². The molecule has 0 aliphatic heterocycles. The number of nitrogens with zero attached hydrogens (tertiary/aromatic N) is 2. The number of hydrogen-bond acceptors (Lipinski definition) is 5. The van der Waals surface area contributed by atoms with Gasteiger partial charge in [0.2, 0.25) is 0 Å². The van der Waals surface area contributed by atoms with Crippen molar-refractivity contribution >= 4 is 52.4 Å². The third kappa shape index (κ3) is 6.04. The molecule has 0 N–H and O–H groups in total. The van der Waals surface area contributed by atoms with Crippen LogP contribution in [0.1, 0.15) is 0 Å². The highest BCUT2D eigenvalue weighted by molar-refractivity contribution is 6.43. The second-order valence-electron chi connectivity index (χ2n) is 5.12. The van der Waals surface area contributed by atoms with Crippen LogP contribution < -0.4 is 9.64 Å². The molecule has 0 unspecified atom stereocenters. The lowest BCUT2D eigenvalue weighted by molar-refractivity contribution is -0.149. The first-order valence-corrected chi connectivity index (χ1v) is 8.71. The van der Waals surface area contributed by atoms with E-state index in [4.69, 9.17) is 49.5 Å². The Morgan fingerprint density at radius 1 is 1.00 bits per heavy atom. The normalized spacial score (nSPS) is 10.0. The van der Waals surface area contributed by atoms with Gasteiger partial charge in [0, 0.05) is 11.8 Å². The van der Waals surface area contributed by atoms with Crippen molar-refractivity contribution in [1.82, 2.24) is 0 Å². The van der Waals surface area contributed by atoms with Gasteiger partial charge in [-0.3, -0.25) is 9.69 Å². The Balaban J connectivity index is 1.90. The topological polar surface area (TPSA) is 79.6 Å². The average Bonchev–Trinajstić information content (AvgIpc) is 2.66. The number of esters is 1. The number of hydrogen-bond donors (Lipinski definition) is 0. The van der Waals surface area contributed by atoms with Crippen LogP contribution in [-0.2, 0) is 14.3 Å². The summed E-state index contributed by atoms with van der Waals surface area (Å²) in [6, 6.07) is 13.2. The van der Waals surface area contributed by atoms with Crippen LogP contribution in [0.15, 0.2) is 42.5 Å². The van der Waals surface area contributed by atoms with E-state index in [0.29, 0.717) is 5.69 Å². The third-order valence-electron chi connectivity index (χ3n) is 3.27. The number of ether oxygens (including phenoxy) is 2. The second kappa shape index (κ2) is 10.0. The fraction of sp³-hybridized carbons (Fsp3) is 0.167. The first-order valence-electron chi connectivity index (χ1n) is 7.57. The molecule has 0 fully saturated rings. The van der Waals surface area contributed by atoms with Crippen molar-refractivity contribution in [2.24, 2.45) is 0 Å². The SMILES string of the molecule is N#CCN(C(=O)COC(=O)COc1cc(Cl)c(Cl)cc1Cl)c1ccccc1. The predicted molar refractivity (Wildman–Crippen MR) is 102 cm³/mol. The highest BCUT2D eigenvalue weighted by atomic mass is 35.5. The van der Waals surface area contributed by atoms with Crippen LogP contribution in [-0.4, -0.2) is 31.6 Å². The number of anilines is 1. The Morgan fingerprint density at radius 3 is 2.33 bits per heavy atom. The minimum Gasteiger partial charge on any atom is -0.480 e. The summed E-state index contributed by atoms with van der Waals surface area (Å²) in [6.07, 6.45) is 0. The summed E-state index contributed by atoms with van der Waals surface area (Å²) >= 11 is 17.6. The summed E-state index contributed by atoms with van der Waals surface area (Å²) in [5.41, 5.74) is 0.527. The first-order chi connectivity index (χ1) is 12.9. The van der Waals surface area contributed by atoms with Gasteiger partial charge in [-0.2, -0.15) is 5.26 Å². The molecule has 1 amide bonds. The molecular formula is C18H13Cl3N2O4. The van der Waals surface area contributed by atoms with Crippen molar-refractivity contribution in [1.29, 1.82) is 5.26 Å². The maximum absolute atomic E-state index is 12.3. The van der Waals surface area contributed by atoms with E-state index in [1.54, 1.807) is 30.3 Å². The van der Waals surface area contributed by atoms with Crippen molar-refractivity contribution in [2.75, 3.05) is 24.7 Å². The molecule has 2 aromatic carbocycles. The molecule has 0 heterocycles. The molecule has 2 aromatic rings. The van der Waals surface area contributed by atoms with Crippen LogP contribution in [0.3, 0.4) is 0 Å². The number of halogens is 3. The van der Waals surface area contributed by atoms with Gasteiger partial charge in [-0.05, 0) is 18.2 Å². The molecule has 2 rings (SSSR count). The number of amides is 1. The van der Waals surface area contributed by atoms with Gasteiger partial charge in [-0.1, -0.05) is 53.0 Å². The maximum Gasteiger partial charge on any atom is 0.344 e. The lowest BCUT2D eigenvalue weighted by Gasteiger charge is -2.19. The Kier molecular flexibility index (Phi) is 7.74. The monoisotopic (exact) mass is 426 g/mol.